The predicted octanol–water partition coefficient (Wildman–Crippen LogP) is 4.89. The molecule has 0 bridgehead atoms. The summed E-state index contributed by atoms with van der Waals surface area (Å²) >= 11 is 0. The van der Waals surface area contributed by atoms with E-state index >= 15 is 0 Å². The summed E-state index contributed by atoms with van der Waals surface area (Å²) in [5.41, 5.74) is 0.950. The molecule has 1 aromatic carbocycles. The molecule has 5 heteroatoms. The number of benzene rings is 1. The Morgan fingerprint density at radius 2 is 1.85 bits per heavy atom. The topological polar surface area (TPSA) is 72.6 Å². The minimum absolute atomic E-state index is 0.474. The van der Waals surface area contributed by atoms with Gasteiger partial charge in [0.1, 0.15) is 5.76 Å². The molecule has 0 aliphatic carbocycles. The molecule has 26 heavy (non-hydrogen) atoms. The highest BCUT2D eigenvalue weighted by Crippen LogP contribution is 2.23. The van der Waals surface area contributed by atoms with Gasteiger partial charge in [0.05, 0.1) is 5.69 Å². The molecule has 1 N–H and O–H groups in total. The first kappa shape index (κ1) is 20.2. The Morgan fingerprint density at radius 1 is 1.15 bits per heavy atom. The summed E-state index contributed by atoms with van der Waals surface area (Å²) in [6, 6.07) is 9.97. The van der Waals surface area contributed by atoms with E-state index in [-0.39, 0.29) is 0 Å². The number of carboxylic acids is 1. The van der Waals surface area contributed by atoms with Gasteiger partial charge in [0.2, 0.25) is 5.89 Å². The zero-order valence-corrected chi connectivity index (χ0v) is 16.0. The second kappa shape index (κ2) is 9.53. The number of rotatable bonds is 11. The molecule has 5 nitrogen and oxygen atoms in total. The van der Waals surface area contributed by atoms with Crippen molar-refractivity contribution in [1.29, 1.82) is 0 Å². The summed E-state index contributed by atoms with van der Waals surface area (Å²) in [6.07, 6.45) is 5.73. The zero-order valence-electron chi connectivity index (χ0n) is 16.0. The van der Waals surface area contributed by atoms with Crippen LogP contribution in [-0.2, 0) is 22.4 Å². The molecule has 1 heterocycles. The number of hydrogen-bond acceptors (Lipinski definition) is 4. The number of oxazole rings is 1. The van der Waals surface area contributed by atoms with Gasteiger partial charge in [-0.3, -0.25) is 0 Å². The first-order valence-corrected chi connectivity index (χ1v) is 9.35. The Bertz CT molecular complexity index is 691. The lowest BCUT2D eigenvalue weighted by molar-refractivity contribution is -0.161. The highest BCUT2D eigenvalue weighted by atomic mass is 16.5. The van der Waals surface area contributed by atoms with E-state index in [1.165, 1.54) is 0 Å². The van der Waals surface area contributed by atoms with Crippen LogP contribution in [0, 0.1) is 0 Å². The van der Waals surface area contributed by atoms with Crippen molar-refractivity contribution in [3.8, 4) is 11.5 Å². The molecule has 0 aliphatic rings. The van der Waals surface area contributed by atoms with Crippen LogP contribution in [0.25, 0.3) is 11.5 Å². The highest BCUT2D eigenvalue weighted by Gasteiger charge is 2.27. The van der Waals surface area contributed by atoms with E-state index in [1.54, 1.807) is 13.8 Å². The number of aromatic nitrogens is 1. The van der Waals surface area contributed by atoms with Crippen molar-refractivity contribution in [3.05, 3.63) is 41.8 Å². The van der Waals surface area contributed by atoms with Crippen molar-refractivity contribution >= 4 is 5.97 Å². The van der Waals surface area contributed by atoms with Crippen LogP contribution in [-0.4, -0.2) is 28.3 Å². The van der Waals surface area contributed by atoms with Crippen LogP contribution in [0.5, 0.6) is 0 Å². The second-order valence-corrected chi connectivity index (χ2v) is 6.94. The fourth-order valence-electron chi connectivity index (χ4n) is 2.70. The molecular formula is C21H29NO4. The Kier molecular flexibility index (Phi) is 7.39. The van der Waals surface area contributed by atoms with Crippen LogP contribution in [0.4, 0.5) is 0 Å². The Labute approximate surface area is 155 Å². The molecule has 0 fully saturated rings. The molecule has 0 saturated heterocycles. The lowest BCUT2D eigenvalue weighted by Gasteiger charge is -2.19. The van der Waals surface area contributed by atoms with Gasteiger partial charge in [-0.15, -0.1) is 0 Å². The van der Waals surface area contributed by atoms with E-state index in [2.05, 4.69) is 11.9 Å². The van der Waals surface area contributed by atoms with Gasteiger partial charge in [-0.1, -0.05) is 38.0 Å². The molecule has 0 aliphatic heterocycles. The molecular weight excluding hydrogens is 330 g/mol. The van der Waals surface area contributed by atoms with E-state index in [4.69, 9.17) is 14.3 Å². The summed E-state index contributed by atoms with van der Waals surface area (Å²) in [5.74, 6) is 0.738. The first-order valence-electron chi connectivity index (χ1n) is 9.35. The zero-order chi connectivity index (χ0) is 19.0. The van der Waals surface area contributed by atoms with Crippen LogP contribution < -0.4 is 0 Å². The molecule has 0 saturated carbocycles. The Balaban J connectivity index is 1.74. The molecule has 0 atom stereocenters. The average Bonchev–Trinajstić information content (AvgIpc) is 3.04. The van der Waals surface area contributed by atoms with Crippen molar-refractivity contribution in [2.75, 3.05) is 6.61 Å². The Hall–Kier alpha value is -2.14. The quantitative estimate of drug-likeness (QED) is 0.579. The van der Waals surface area contributed by atoms with E-state index in [9.17, 15) is 4.79 Å². The SMILES string of the molecule is CCc1oc(-c2ccccc2)nc1CCCCCCOC(C)(C)C(=O)O. The number of nitrogens with zero attached hydrogens (tertiary/aromatic N) is 1. The van der Waals surface area contributed by atoms with Gasteiger partial charge in [0.25, 0.3) is 0 Å². The van der Waals surface area contributed by atoms with Gasteiger partial charge in [0, 0.05) is 18.6 Å². The monoisotopic (exact) mass is 359 g/mol. The number of unbranched alkanes of at least 4 members (excludes halogenated alkanes) is 3. The average molecular weight is 359 g/mol. The van der Waals surface area contributed by atoms with Crippen molar-refractivity contribution in [2.24, 2.45) is 0 Å². The van der Waals surface area contributed by atoms with Gasteiger partial charge < -0.3 is 14.3 Å². The summed E-state index contributed by atoms with van der Waals surface area (Å²) < 4.78 is 11.3. The van der Waals surface area contributed by atoms with Gasteiger partial charge >= 0.3 is 5.97 Å². The van der Waals surface area contributed by atoms with Crippen molar-refractivity contribution in [2.45, 2.75) is 64.9 Å². The summed E-state index contributed by atoms with van der Waals surface area (Å²) in [7, 11) is 0. The summed E-state index contributed by atoms with van der Waals surface area (Å²) in [5, 5.41) is 9.00. The van der Waals surface area contributed by atoms with E-state index in [0.717, 1.165) is 55.5 Å². The number of aliphatic carboxylic acids is 1. The van der Waals surface area contributed by atoms with Crippen molar-refractivity contribution in [3.63, 3.8) is 0 Å². The highest BCUT2D eigenvalue weighted by molar-refractivity contribution is 5.76. The predicted molar refractivity (Wildman–Crippen MR) is 101 cm³/mol. The number of aryl methyl sites for hydroxylation is 2. The van der Waals surface area contributed by atoms with Crippen LogP contribution in [0.3, 0.4) is 0 Å². The molecule has 0 spiro atoms. The molecule has 2 aromatic rings. The van der Waals surface area contributed by atoms with Crippen LogP contribution >= 0.6 is 0 Å². The van der Waals surface area contributed by atoms with Crippen LogP contribution in [0.2, 0.25) is 0 Å². The molecule has 1 aromatic heterocycles. The second-order valence-electron chi connectivity index (χ2n) is 6.94. The number of carbonyl (C=O) groups is 1. The Morgan fingerprint density at radius 3 is 2.50 bits per heavy atom. The fourth-order valence-corrected chi connectivity index (χ4v) is 2.70. The third-order valence-electron chi connectivity index (χ3n) is 4.41. The first-order chi connectivity index (χ1) is 12.4. The normalized spacial score (nSPS) is 11.7. The van der Waals surface area contributed by atoms with E-state index in [0.29, 0.717) is 12.5 Å². The maximum absolute atomic E-state index is 11.0. The molecule has 0 radical (unpaired) electrons. The lowest BCUT2D eigenvalue weighted by Crippen LogP contribution is -2.35. The van der Waals surface area contributed by atoms with Crippen molar-refractivity contribution < 1.29 is 19.1 Å². The largest absolute Gasteiger partial charge is 0.479 e. The van der Waals surface area contributed by atoms with Crippen LogP contribution in [0.1, 0.15) is 57.9 Å². The molecule has 142 valence electrons. The molecule has 0 amide bonds. The number of hydrogen-bond donors (Lipinski definition) is 1. The van der Waals surface area contributed by atoms with E-state index < -0.39 is 11.6 Å². The molecule has 2 rings (SSSR count). The van der Waals surface area contributed by atoms with Gasteiger partial charge in [-0.25, -0.2) is 9.78 Å². The summed E-state index contributed by atoms with van der Waals surface area (Å²) in [4.78, 5) is 15.6. The number of carboxylic acid groups (broad SMARTS) is 1. The minimum atomic E-state index is -1.11. The maximum Gasteiger partial charge on any atom is 0.335 e. The van der Waals surface area contributed by atoms with E-state index in [1.807, 2.05) is 30.3 Å². The van der Waals surface area contributed by atoms with Crippen LogP contribution in [0.15, 0.2) is 34.7 Å². The van der Waals surface area contributed by atoms with Gasteiger partial charge in [0.15, 0.2) is 5.60 Å². The van der Waals surface area contributed by atoms with Gasteiger partial charge in [-0.05, 0) is 45.2 Å². The minimum Gasteiger partial charge on any atom is -0.479 e. The fraction of sp³-hybridized carbons (Fsp3) is 0.524. The number of ether oxygens (including phenoxy) is 1. The van der Waals surface area contributed by atoms with Crippen molar-refractivity contribution in [1.82, 2.24) is 4.98 Å². The summed E-state index contributed by atoms with van der Waals surface area (Å²) in [6.45, 7) is 5.72. The third kappa shape index (κ3) is 5.70. The smallest absolute Gasteiger partial charge is 0.335 e. The standard InChI is InChI=1S/C21H29NO4/c1-4-18-17(22-19(26-18)16-12-8-7-9-13-16)14-10-5-6-11-15-25-21(2,3)20(23)24/h7-9,12-13H,4-6,10-11,14-15H2,1-3H3,(H,23,24). The van der Waals surface area contributed by atoms with Gasteiger partial charge in [-0.2, -0.15) is 0 Å². The molecule has 0 unspecified atom stereocenters. The maximum atomic E-state index is 11.0. The lowest BCUT2D eigenvalue weighted by atomic mass is 10.1. The third-order valence-corrected chi connectivity index (χ3v) is 4.41.